The Hall–Kier alpha value is -3.99. The third kappa shape index (κ3) is 5.77. The molecule has 0 spiro atoms. The van der Waals surface area contributed by atoms with E-state index in [1.54, 1.807) is 0 Å². The van der Waals surface area contributed by atoms with Crippen LogP contribution in [0.3, 0.4) is 0 Å². The van der Waals surface area contributed by atoms with Gasteiger partial charge in [-0.15, -0.1) is 0 Å². The number of allylic oxidation sites excluding steroid dienone is 2. The molecule has 2 heterocycles. The maximum atomic E-state index is 13.5. The fraction of sp³-hybridized carbons (Fsp3) is 0.303. The summed E-state index contributed by atoms with van der Waals surface area (Å²) < 4.78 is 3.85. The second-order valence-electron chi connectivity index (χ2n) is 11.0. The lowest BCUT2D eigenvalue weighted by Crippen LogP contribution is -2.00. The number of carbonyl (C=O) groups is 1. The molecule has 0 N–H and O–H groups in total. The van der Waals surface area contributed by atoms with Gasteiger partial charge in [-0.1, -0.05) is 64.1 Å². The van der Waals surface area contributed by atoms with Gasteiger partial charge in [0, 0.05) is 34.7 Å². The normalized spacial score (nSPS) is 16.0. The van der Waals surface area contributed by atoms with Gasteiger partial charge in [0.1, 0.15) is 0 Å². The average molecular weight is 505 g/mol. The Kier molecular flexibility index (Phi) is 7.54. The summed E-state index contributed by atoms with van der Waals surface area (Å²) in [4.78, 5) is 13.5. The standard InChI is InChI=1S/C33H36N4O/c1-23(2)17-31-27(21-36(34-31)29-11-7-5-8-12-29)19-25-15-16-26(33(25)38)20-28-22-37(30-13-9-6-10-14-30)35-32(28)18-24(3)4/h5-14,19-24H,15-18H2,1-4H3/b25-19+,26-20+. The first-order chi connectivity index (χ1) is 18.4. The number of ketones is 1. The highest BCUT2D eigenvalue weighted by molar-refractivity contribution is 6.15. The van der Waals surface area contributed by atoms with Crippen LogP contribution in [0.4, 0.5) is 0 Å². The third-order valence-corrected chi connectivity index (χ3v) is 6.80. The van der Waals surface area contributed by atoms with Gasteiger partial charge in [0.25, 0.3) is 0 Å². The number of carbonyl (C=O) groups excluding carboxylic acids is 1. The van der Waals surface area contributed by atoms with Gasteiger partial charge in [0.15, 0.2) is 5.78 Å². The molecule has 1 aliphatic rings. The van der Waals surface area contributed by atoms with Crippen LogP contribution in [0, 0.1) is 11.8 Å². The van der Waals surface area contributed by atoms with Crippen molar-refractivity contribution in [2.24, 2.45) is 11.8 Å². The van der Waals surface area contributed by atoms with Crippen molar-refractivity contribution < 1.29 is 4.79 Å². The zero-order chi connectivity index (χ0) is 26.6. The Morgan fingerprint density at radius 3 is 1.45 bits per heavy atom. The van der Waals surface area contributed by atoms with Crippen LogP contribution in [-0.4, -0.2) is 25.3 Å². The second kappa shape index (κ2) is 11.2. The number of Topliss-reactive ketones (excluding diaryl/α,β-unsaturated/α-hetero) is 1. The number of benzene rings is 2. The fourth-order valence-corrected chi connectivity index (χ4v) is 4.96. The van der Waals surface area contributed by atoms with Gasteiger partial charge >= 0.3 is 0 Å². The van der Waals surface area contributed by atoms with E-state index in [1.165, 1.54) is 0 Å². The Balaban J connectivity index is 1.46. The summed E-state index contributed by atoms with van der Waals surface area (Å²) in [6, 6.07) is 20.3. The molecule has 5 nitrogen and oxygen atoms in total. The molecule has 2 aromatic heterocycles. The van der Waals surface area contributed by atoms with Crippen molar-refractivity contribution >= 4 is 17.9 Å². The zero-order valence-corrected chi connectivity index (χ0v) is 22.8. The predicted molar refractivity (Wildman–Crippen MR) is 154 cm³/mol. The number of aromatic nitrogens is 4. The summed E-state index contributed by atoms with van der Waals surface area (Å²) >= 11 is 0. The molecule has 0 atom stereocenters. The summed E-state index contributed by atoms with van der Waals surface area (Å²) in [6.45, 7) is 8.80. The summed E-state index contributed by atoms with van der Waals surface area (Å²) in [5, 5.41) is 9.76. The number of hydrogen-bond acceptors (Lipinski definition) is 3. The molecule has 38 heavy (non-hydrogen) atoms. The average Bonchev–Trinajstić information content (AvgIpc) is 3.59. The van der Waals surface area contributed by atoms with Crippen LogP contribution in [0.15, 0.2) is 84.2 Å². The lowest BCUT2D eigenvalue weighted by Gasteiger charge is -2.03. The molecule has 0 saturated heterocycles. The summed E-state index contributed by atoms with van der Waals surface area (Å²) in [5.41, 5.74) is 7.88. The Morgan fingerprint density at radius 2 is 1.08 bits per heavy atom. The van der Waals surface area contributed by atoms with E-state index in [2.05, 4.69) is 76.5 Å². The maximum Gasteiger partial charge on any atom is 0.185 e. The van der Waals surface area contributed by atoms with Crippen molar-refractivity contribution in [2.45, 2.75) is 53.4 Å². The molecule has 0 bridgehead atoms. The van der Waals surface area contributed by atoms with Crippen molar-refractivity contribution in [3.05, 3.63) is 107 Å². The summed E-state index contributed by atoms with van der Waals surface area (Å²) in [5.74, 6) is 1.08. The molecular weight excluding hydrogens is 468 g/mol. The van der Waals surface area contributed by atoms with Gasteiger partial charge in [-0.2, -0.15) is 10.2 Å². The molecule has 194 valence electrons. The van der Waals surface area contributed by atoms with Crippen molar-refractivity contribution in [2.75, 3.05) is 0 Å². The molecule has 4 aromatic rings. The van der Waals surface area contributed by atoms with E-state index in [9.17, 15) is 4.79 Å². The van der Waals surface area contributed by atoms with E-state index in [4.69, 9.17) is 10.2 Å². The van der Waals surface area contributed by atoms with Gasteiger partial charge in [0.05, 0.1) is 22.8 Å². The summed E-state index contributed by atoms with van der Waals surface area (Å²) in [6.07, 6.45) is 11.5. The van der Waals surface area contributed by atoms with Crippen LogP contribution in [0.25, 0.3) is 23.5 Å². The largest absolute Gasteiger partial charge is 0.289 e. The van der Waals surface area contributed by atoms with E-state index in [1.807, 2.05) is 45.8 Å². The topological polar surface area (TPSA) is 52.7 Å². The van der Waals surface area contributed by atoms with Crippen molar-refractivity contribution in [1.82, 2.24) is 19.6 Å². The van der Waals surface area contributed by atoms with Gasteiger partial charge < -0.3 is 0 Å². The molecule has 0 radical (unpaired) electrons. The van der Waals surface area contributed by atoms with E-state index in [-0.39, 0.29) is 5.78 Å². The Morgan fingerprint density at radius 1 is 0.684 bits per heavy atom. The van der Waals surface area contributed by atoms with Crippen LogP contribution in [0.2, 0.25) is 0 Å². The number of para-hydroxylation sites is 2. The minimum Gasteiger partial charge on any atom is -0.289 e. The summed E-state index contributed by atoms with van der Waals surface area (Å²) in [7, 11) is 0. The lowest BCUT2D eigenvalue weighted by atomic mass is 10.0. The van der Waals surface area contributed by atoms with Crippen LogP contribution < -0.4 is 0 Å². The molecule has 0 aliphatic heterocycles. The molecule has 1 fully saturated rings. The maximum absolute atomic E-state index is 13.5. The van der Waals surface area contributed by atoms with Crippen LogP contribution >= 0.6 is 0 Å². The molecule has 0 unspecified atom stereocenters. The Labute approximate surface area is 225 Å². The highest BCUT2D eigenvalue weighted by Crippen LogP contribution is 2.31. The zero-order valence-electron chi connectivity index (χ0n) is 22.8. The van der Waals surface area contributed by atoms with Crippen LogP contribution in [-0.2, 0) is 17.6 Å². The predicted octanol–water partition coefficient (Wildman–Crippen LogP) is 7.28. The van der Waals surface area contributed by atoms with E-state index in [0.717, 1.165) is 70.7 Å². The lowest BCUT2D eigenvalue weighted by molar-refractivity contribution is -0.111. The fourth-order valence-electron chi connectivity index (χ4n) is 4.96. The molecule has 0 amide bonds. The second-order valence-corrected chi connectivity index (χ2v) is 11.0. The smallest absolute Gasteiger partial charge is 0.185 e. The molecular formula is C33H36N4O. The monoisotopic (exact) mass is 504 g/mol. The number of hydrogen-bond donors (Lipinski definition) is 0. The molecule has 2 aromatic carbocycles. The minimum absolute atomic E-state index is 0.135. The van der Waals surface area contributed by atoms with Gasteiger partial charge in [-0.25, -0.2) is 9.36 Å². The first-order valence-corrected chi connectivity index (χ1v) is 13.6. The molecule has 1 aliphatic carbocycles. The van der Waals surface area contributed by atoms with Gasteiger partial charge in [-0.3, -0.25) is 4.79 Å². The van der Waals surface area contributed by atoms with Crippen LogP contribution in [0.1, 0.15) is 63.1 Å². The van der Waals surface area contributed by atoms with Crippen molar-refractivity contribution in [3.8, 4) is 11.4 Å². The SMILES string of the molecule is CC(C)Cc1nn(-c2ccccc2)cc1/C=C1\CC/C(=C\c2cn(-c3ccccc3)nc2CC(C)C)C1=O. The minimum atomic E-state index is 0.135. The van der Waals surface area contributed by atoms with E-state index < -0.39 is 0 Å². The Bertz CT molecular complexity index is 1360. The van der Waals surface area contributed by atoms with E-state index in [0.29, 0.717) is 11.8 Å². The van der Waals surface area contributed by atoms with Crippen LogP contribution in [0.5, 0.6) is 0 Å². The number of rotatable bonds is 8. The van der Waals surface area contributed by atoms with Crippen molar-refractivity contribution in [3.63, 3.8) is 0 Å². The molecule has 5 heteroatoms. The molecule has 1 saturated carbocycles. The van der Waals surface area contributed by atoms with E-state index >= 15 is 0 Å². The highest BCUT2D eigenvalue weighted by atomic mass is 16.1. The first kappa shape index (κ1) is 25.7. The van der Waals surface area contributed by atoms with Crippen molar-refractivity contribution in [1.29, 1.82) is 0 Å². The quantitative estimate of drug-likeness (QED) is 0.237. The van der Waals surface area contributed by atoms with Gasteiger partial charge in [-0.05, 0) is 73.9 Å². The van der Waals surface area contributed by atoms with Gasteiger partial charge in [0.2, 0.25) is 0 Å². The molecule has 5 rings (SSSR count). The highest BCUT2D eigenvalue weighted by Gasteiger charge is 2.25. The number of nitrogens with zero attached hydrogens (tertiary/aromatic N) is 4. The third-order valence-electron chi connectivity index (χ3n) is 6.80. The first-order valence-electron chi connectivity index (χ1n) is 13.6.